The van der Waals surface area contributed by atoms with Crippen LogP contribution in [0.15, 0.2) is 24.5 Å². The molecule has 0 spiro atoms. The Bertz CT molecular complexity index is 759. The molecule has 3 aromatic heterocycles. The fourth-order valence-corrected chi connectivity index (χ4v) is 1.75. The SMILES string of the molecule is COC(=O)c1ccc2nnc(-c3cn(C)nn3)n2c1. The van der Waals surface area contributed by atoms with E-state index in [9.17, 15) is 4.79 Å². The topological polar surface area (TPSA) is 87.2 Å². The number of ether oxygens (including phenoxy) is 1. The Labute approximate surface area is 107 Å². The lowest BCUT2D eigenvalue weighted by Crippen LogP contribution is -2.03. The Hall–Kier alpha value is -2.77. The summed E-state index contributed by atoms with van der Waals surface area (Å²) in [5, 5.41) is 15.9. The third kappa shape index (κ3) is 1.82. The number of fused-ring (bicyclic) bond motifs is 1. The summed E-state index contributed by atoms with van der Waals surface area (Å²) in [6, 6.07) is 3.33. The average molecular weight is 258 g/mol. The molecule has 19 heavy (non-hydrogen) atoms. The molecule has 0 unspecified atom stereocenters. The molecule has 0 aliphatic heterocycles. The molecular formula is C11H10N6O2. The zero-order valence-corrected chi connectivity index (χ0v) is 10.3. The number of aryl methyl sites for hydroxylation is 1. The van der Waals surface area contributed by atoms with Crippen molar-refractivity contribution < 1.29 is 9.53 Å². The second kappa shape index (κ2) is 4.16. The molecule has 3 aromatic rings. The summed E-state index contributed by atoms with van der Waals surface area (Å²) in [6.07, 6.45) is 3.34. The molecule has 3 rings (SSSR count). The molecule has 0 saturated carbocycles. The number of carbonyl (C=O) groups is 1. The van der Waals surface area contributed by atoms with Crippen molar-refractivity contribution in [2.24, 2.45) is 7.05 Å². The summed E-state index contributed by atoms with van der Waals surface area (Å²) in [5.41, 5.74) is 1.62. The fourth-order valence-electron chi connectivity index (χ4n) is 1.75. The number of methoxy groups -OCH3 is 1. The second-order valence-corrected chi connectivity index (χ2v) is 3.94. The van der Waals surface area contributed by atoms with Crippen LogP contribution in [0.25, 0.3) is 17.2 Å². The molecule has 0 N–H and O–H groups in total. The predicted molar refractivity (Wildman–Crippen MR) is 64.3 cm³/mol. The van der Waals surface area contributed by atoms with Crippen LogP contribution < -0.4 is 0 Å². The molecule has 8 nitrogen and oxygen atoms in total. The maximum Gasteiger partial charge on any atom is 0.339 e. The number of esters is 1. The van der Waals surface area contributed by atoms with Crippen LogP contribution in [0.1, 0.15) is 10.4 Å². The van der Waals surface area contributed by atoms with Gasteiger partial charge in [-0.2, -0.15) is 0 Å². The molecule has 0 bridgehead atoms. The van der Waals surface area contributed by atoms with E-state index in [-0.39, 0.29) is 0 Å². The molecule has 0 fully saturated rings. The lowest BCUT2D eigenvalue weighted by Gasteiger charge is -2.00. The van der Waals surface area contributed by atoms with Crippen molar-refractivity contribution in [2.45, 2.75) is 0 Å². The van der Waals surface area contributed by atoms with Gasteiger partial charge < -0.3 is 4.74 Å². The highest BCUT2D eigenvalue weighted by Gasteiger charge is 2.13. The maximum absolute atomic E-state index is 11.5. The van der Waals surface area contributed by atoms with Crippen molar-refractivity contribution in [3.05, 3.63) is 30.1 Å². The first-order chi connectivity index (χ1) is 9.19. The zero-order chi connectivity index (χ0) is 13.4. The quantitative estimate of drug-likeness (QED) is 0.615. The Morgan fingerprint density at radius 2 is 2.05 bits per heavy atom. The van der Waals surface area contributed by atoms with E-state index in [1.165, 1.54) is 7.11 Å². The molecule has 96 valence electrons. The van der Waals surface area contributed by atoms with Crippen LogP contribution in [0.3, 0.4) is 0 Å². The third-order valence-corrected chi connectivity index (χ3v) is 2.66. The largest absolute Gasteiger partial charge is 0.465 e. The summed E-state index contributed by atoms with van der Waals surface area (Å²) < 4.78 is 7.93. The molecule has 0 aliphatic rings. The first-order valence-corrected chi connectivity index (χ1v) is 5.49. The number of hydrogen-bond donors (Lipinski definition) is 0. The first-order valence-electron chi connectivity index (χ1n) is 5.49. The van der Waals surface area contributed by atoms with Crippen molar-refractivity contribution in [1.82, 2.24) is 29.6 Å². The summed E-state index contributed by atoms with van der Waals surface area (Å²) in [5.74, 6) is 0.106. The maximum atomic E-state index is 11.5. The van der Waals surface area contributed by atoms with Crippen molar-refractivity contribution in [3.63, 3.8) is 0 Å². The van der Waals surface area contributed by atoms with Gasteiger partial charge in [-0.05, 0) is 12.1 Å². The fraction of sp³-hybridized carbons (Fsp3) is 0.182. The Morgan fingerprint density at radius 1 is 1.21 bits per heavy atom. The van der Waals surface area contributed by atoms with E-state index in [1.807, 2.05) is 0 Å². The minimum Gasteiger partial charge on any atom is -0.465 e. The average Bonchev–Trinajstić information content (AvgIpc) is 3.02. The van der Waals surface area contributed by atoms with Gasteiger partial charge in [0.2, 0.25) is 0 Å². The minimum atomic E-state index is -0.416. The van der Waals surface area contributed by atoms with E-state index in [2.05, 4.69) is 25.2 Å². The number of pyridine rings is 1. The van der Waals surface area contributed by atoms with Crippen LogP contribution in [-0.4, -0.2) is 42.7 Å². The summed E-state index contributed by atoms with van der Waals surface area (Å²) in [6.45, 7) is 0. The molecule has 3 heterocycles. The van der Waals surface area contributed by atoms with E-state index in [4.69, 9.17) is 0 Å². The molecule has 0 saturated heterocycles. The van der Waals surface area contributed by atoms with Gasteiger partial charge in [0.25, 0.3) is 0 Å². The molecule has 0 amide bonds. The van der Waals surface area contributed by atoms with Crippen molar-refractivity contribution in [3.8, 4) is 11.5 Å². The standard InChI is InChI=1S/C11H10N6O2/c1-16-6-8(12-15-16)10-14-13-9-4-3-7(5-17(9)10)11(18)19-2/h3-6H,1-2H3. The van der Waals surface area contributed by atoms with Gasteiger partial charge in [-0.15, -0.1) is 15.3 Å². The van der Waals surface area contributed by atoms with E-state index in [0.29, 0.717) is 22.7 Å². The van der Waals surface area contributed by atoms with Gasteiger partial charge in [0.05, 0.1) is 18.9 Å². The van der Waals surface area contributed by atoms with E-state index < -0.39 is 5.97 Å². The number of hydrogen-bond acceptors (Lipinski definition) is 6. The first kappa shape index (κ1) is 11.3. The summed E-state index contributed by atoms with van der Waals surface area (Å²) in [7, 11) is 3.10. The van der Waals surface area contributed by atoms with Crippen LogP contribution in [0.5, 0.6) is 0 Å². The van der Waals surface area contributed by atoms with E-state index >= 15 is 0 Å². The number of nitrogens with zero attached hydrogens (tertiary/aromatic N) is 6. The van der Waals surface area contributed by atoms with E-state index in [0.717, 1.165) is 0 Å². The number of carbonyl (C=O) groups excluding carboxylic acids is 1. The second-order valence-electron chi connectivity index (χ2n) is 3.94. The van der Waals surface area contributed by atoms with Crippen LogP contribution in [-0.2, 0) is 11.8 Å². The molecule has 0 aliphatic carbocycles. The normalized spacial score (nSPS) is 10.8. The monoisotopic (exact) mass is 258 g/mol. The molecular weight excluding hydrogens is 248 g/mol. The summed E-state index contributed by atoms with van der Waals surface area (Å²) in [4.78, 5) is 11.5. The van der Waals surface area contributed by atoms with Crippen LogP contribution in [0.2, 0.25) is 0 Å². The van der Waals surface area contributed by atoms with Crippen molar-refractivity contribution in [1.29, 1.82) is 0 Å². The van der Waals surface area contributed by atoms with Gasteiger partial charge >= 0.3 is 5.97 Å². The highest BCUT2D eigenvalue weighted by atomic mass is 16.5. The molecule has 0 aromatic carbocycles. The van der Waals surface area contributed by atoms with Gasteiger partial charge in [-0.1, -0.05) is 5.21 Å². The Kier molecular flexibility index (Phi) is 2.48. The van der Waals surface area contributed by atoms with Gasteiger partial charge in [-0.25, -0.2) is 4.79 Å². The van der Waals surface area contributed by atoms with Gasteiger partial charge in [-0.3, -0.25) is 9.08 Å². The third-order valence-electron chi connectivity index (χ3n) is 2.66. The van der Waals surface area contributed by atoms with Crippen molar-refractivity contribution >= 4 is 11.6 Å². The highest BCUT2D eigenvalue weighted by molar-refractivity contribution is 5.89. The lowest BCUT2D eigenvalue weighted by molar-refractivity contribution is 0.0600. The summed E-state index contributed by atoms with van der Waals surface area (Å²) >= 11 is 0. The van der Waals surface area contributed by atoms with Gasteiger partial charge in [0.1, 0.15) is 0 Å². The van der Waals surface area contributed by atoms with Crippen LogP contribution >= 0.6 is 0 Å². The van der Waals surface area contributed by atoms with Crippen LogP contribution in [0.4, 0.5) is 0 Å². The predicted octanol–water partition coefficient (Wildman–Crippen LogP) is 0.311. The van der Waals surface area contributed by atoms with Gasteiger partial charge in [0.15, 0.2) is 17.2 Å². The number of rotatable bonds is 2. The number of aromatic nitrogens is 6. The molecule has 0 atom stereocenters. The molecule has 0 radical (unpaired) electrons. The molecule has 8 heteroatoms. The zero-order valence-electron chi connectivity index (χ0n) is 10.3. The Balaban J connectivity index is 2.18. The van der Waals surface area contributed by atoms with Gasteiger partial charge in [0, 0.05) is 13.2 Å². The van der Waals surface area contributed by atoms with Crippen LogP contribution in [0, 0.1) is 0 Å². The smallest absolute Gasteiger partial charge is 0.339 e. The van der Waals surface area contributed by atoms with Crippen molar-refractivity contribution in [2.75, 3.05) is 7.11 Å². The minimum absolute atomic E-state index is 0.416. The highest BCUT2D eigenvalue weighted by Crippen LogP contribution is 2.16. The van der Waals surface area contributed by atoms with E-state index in [1.54, 1.807) is 40.7 Å². The Morgan fingerprint density at radius 3 is 2.74 bits per heavy atom. The lowest BCUT2D eigenvalue weighted by atomic mass is 10.3.